The first-order valence-corrected chi connectivity index (χ1v) is 9.16. The molecule has 0 radical (unpaired) electrons. The van der Waals surface area contributed by atoms with Gasteiger partial charge in [-0.2, -0.15) is 0 Å². The predicted octanol–water partition coefficient (Wildman–Crippen LogP) is 3.41. The highest BCUT2D eigenvalue weighted by atomic mass is 32.2. The number of hydrogen-bond acceptors (Lipinski definition) is 5. The highest BCUT2D eigenvalue weighted by molar-refractivity contribution is 7.92. The SMILES string of the molecule is COC(=O)c1ccccc1NS(=O)(=O)c1cc(C(C)C)ccc1OC. The van der Waals surface area contributed by atoms with Crippen LogP contribution in [0, 0.1) is 0 Å². The number of anilines is 1. The molecule has 134 valence electrons. The average Bonchev–Trinajstić information content (AvgIpc) is 2.60. The second kappa shape index (κ2) is 7.57. The maximum atomic E-state index is 12.9. The summed E-state index contributed by atoms with van der Waals surface area (Å²) in [6.45, 7) is 3.94. The van der Waals surface area contributed by atoms with E-state index in [0.29, 0.717) is 0 Å². The van der Waals surface area contributed by atoms with Crippen molar-refractivity contribution in [1.29, 1.82) is 0 Å². The molecule has 0 heterocycles. The number of carbonyl (C=O) groups is 1. The van der Waals surface area contributed by atoms with Crippen molar-refractivity contribution in [2.75, 3.05) is 18.9 Å². The monoisotopic (exact) mass is 363 g/mol. The quantitative estimate of drug-likeness (QED) is 0.796. The third-order valence-corrected chi connectivity index (χ3v) is 5.11. The van der Waals surface area contributed by atoms with E-state index in [-0.39, 0.29) is 27.8 Å². The Morgan fingerprint density at radius 3 is 2.36 bits per heavy atom. The van der Waals surface area contributed by atoms with E-state index in [1.807, 2.05) is 19.9 Å². The molecule has 1 N–H and O–H groups in total. The first kappa shape index (κ1) is 18.8. The molecule has 0 atom stereocenters. The van der Waals surface area contributed by atoms with Gasteiger partial charge in [0.25, 0.3) is 10.0 Å². The number of sulfonamides is 1. The molecule has 0 aliphatic carbocycles. The Labute approximate surface area is 147 Å². The zero-order valence-electron chi connectivity index (χ0n) is 14.6. The van der Waals surface area contributed by atoms with Crippen LogP contribution in [0.5, 0.6) is 5.75 Å². The van der Waals surface area contributed by atoms with Crippen molar-refractivity contribution in [1.82, 2.24) is 0 Å². The number of para-hydroxylation sites is 1. The number of ether oxygens (including phenoxy) is 2. The maximum absolute atomic E-state index is 12.9. The Morgan fingerprint density at radius 2 is 1.76 bits per heavy atom. The highest BCUT2D eigenvalue weighted by Gasteiger charge is 2.23. The van der Waals surface area contributed by atoms with Gasteiger partial charge in [-0.1, -0.05) is 32.0 Å². The summed E-state index contributed by atoms with van der Waals surface area (Å²) in [5.74, 6) is -0.240. The van der Waals surface area contributed by atoms with Crippen LogP contribution in [0.1, 0.15) is 35.7 Å². The number of carbonyl (C=O) groups excluding carboxylic acids is 1. The molecule has 2 rings (SSSR count). The molecule has 2 aromatic carbocycles. The summed E-state index contributed by atoms with van der Waals surface area (Å²) >= 11 is 0. The Balaban J connectivity index is 2.51. The summed E-state index contributed by atoms with van der Waals surface area (Å²) in [6, 6.07) is 11.3. The summed E-state index contributed by atoms with van der Waals surface area (Å²) < 4.78 is 38.1. The number of benzene rings is 2. The van der Waals surface area contributed by atoms with Crippen LogP contribution in [0.15, 0.2) is 47.4 Å². The molecule has 0 aromatic heterocycles. The topological polar surface area (TPSA) is 81.7 Å². The number of hydrogen-bond donors (Lipinski definition) is 1. The smallest absolute Gasteiger partial charge is 0.339 e. The van der Waals surface area contributed by atoms with Crippen molar-refractivity contribution in [2.45, 2.75) is 24.7 Å². The van der Waals surface area contributed by atoms with Gasteiger partial charge in [0.2, 0.25) is 0 Å². The molecule has 0 saturated carbocycles. The molecule has 0 aliphatic rings. The van der Waals surface area contributed by atoms with Crippen LogP contribution < -0.4 is 9.46 Å². The Morgan fingerprint density at radius 1 is 1.08 bits per heavy atom. The summed E-state index contributed by atoms with van der Waals surface area (Å²) in [6.07, 6.45) is 0. The van der Waals surface area contributed by atoms with Gasteiger partial charge in [-0.05, 0) is 35.7 Å². The van der Waals surface area contributed by atoms with E-state index in [4.69, 9.17) is 9.47 Å². The lowest BCUT2D eigenvalue weighted by Crippen LogP contribution is -2.17. The number of esters is 1. The van der Waals surface area contributed by atoms with E-state index >= 15 is 0 Å². The van der Waals surface area contributed by atoms with Crippen molar-refractivity contribution in [2.24, 2.45) is 0 Å². The summed E-state index contributed by atoms with van der Waals surface area (Å²) in [4.78, 5) is 11.9. The lowest BCUT2D eigenvalue weighted by Gasteiger charge is -2.15. The Kier molecular flexibility index (Phi) is 5.69. The molecule has 25 heavy (non-hydrogen) atoms. The highest BCUT2D eigenvalue weighted by Crippen LogP contribution is 2.30. The minimum Gasteiger partial charge on any atom is -0.495 e. The van der Waals surface area contributed by atoms with Crippen LogP contribution in [-0.4, -0.2) is 28.6 Å². The van der Waals surface area contributed by atoms with Crippen LogP contribution >= 0.6 is 0 Å². The lowest BCUT2D eigenvalue weighted by molar-refractivity contribution is 0.0602. The van der Waals surface area contributed by atoms with Crippen molar-refractivity contribution in [3.05, 3.63) is 53.6 Å². The molecule has 0 amide bonds. The lowest BCUT2D eigenvalue weighted by atomic mass is 10.0. The third-order valence-electron chi connectivity index (χ3n) is 3.72. The summed E-state index contributed by atoms with van der Waals surface area (Å²) in [5, 5.41) is 0. The normalized spacial score (nSPS) is 11.2. The van der Waals surface area contributed by atoms with Gasteiger partial charge < -0.3 is 9.47 Å². The van der Waals surface area contributed by atoms with E-state index in [1.54, 1.807) is 24.3 Å². The fourth-order valence-electron chi connectivity index (χ4n) is 2.32. The van der Waals surface area contributed by atoms with Gasteiger partial charge in [0, 0.05) is 0 Å². The van der Waals surface area contributed by atoms with Gasteiger partial charge in [0.15, 0.2) is 0 Å². The molecular weight excluding hydrogens is 342 g/mol. The van der Waals surface area contributed by atoms with Gasteiger partial charge in [-0.15, -0.1) is 0 Å². The van der Waals surface area contributed by atoms with Crippen LogP contribution in [-0.2, 0) is 14.8 Å². The van der Waals surface area contributed by atoms with Crippen LogP contribution in [0.3, 0.4) is 0 Å². The van der Waals surface area contributed by atoms with Crippen molar-refractivity contribution in [3.8, 4) is 5.75 Å². The van der Waals surface area contributed by atoms with E-state index in [9.17, 15) is 13.2 Å². The van der Waals surface area contributed by atoms with E-state index in [0.717, 1.165) is 5.56 Å². The van der Waals surface area contributed by atoms with Crippen LogP contribution in [0.2, 0.25) is 0 Å². The molecule has 0 saturated heterocycles. The van der Waals surface area contributed by atoms with Gasteiger partial charge in [-0.25, -0.2) is 13.2 Å². The molecule has 7 heteroatoms. The summed E-state index contributed by atoms with van der Waals surface area (Å²) in [5.41, 5.74) is 1.14. The zero-order valence-corrected chi connectivity index (χ0v) is 15.4. The third kappa shape index (κ3) is 4.11. The van der Waals surface area contributed by atoms with Gasteiger partial charge in [0.1, 0.15) is 10.6 Å². The first-order valence-electron chi connectivity index (χ1n) is 7.68. The van der Waals surface area contributed by atoms with E-state index < -0.39 is 16.0 Å². The second-order valence-electron chi connectivity index (χ2n) is 5.71. The molecule has 0 unspecified atom stereocenters. The van der Waals surface area contributed by atoms with E-state index in [2.05, 4.69) is 4.72 Å². The zero-order chi connectivity index (χ0) is 18.6. The fourth-order valence-corrected chi connectivity index (χ4v) is 3.61. The van der Waals surface area contributed by atoms with Crippen molar-refractivity contribution >= 4 is 21.7 Å². The molecule has 6 nitrogen and oxygen atoms in total. The minimum absolute atomic E-state index is 0.0147. The average molecular weight is 363 g/mol. The minimum atomic E-state index is -3.96. The molecule has 0 fully saturated rings. The molecular formula is C18H21NO5S. The molecule has 2 aromatic rings. The number of methoxy groups -OCH3 is 2. The van der Waals surface area contributed by atoms with E-state index in [1.165, 1.54) is 26.4 Å². The number of rotatable bonds is 6. The molecule has 0 spiro atoms. The molecule has 0 aliphatic heterocycles. The van der Waals surface area contributed by atoms with Crippen molar-refractivity contribution in [3.63, 3.8) is 0 Å². The van der Waals surface area contributed by atoms with Crippen LogP contribution in [0.4, 0.5) is 5.69 Å². The Hall–Kier alpha value is -2.54. The predicted molar refractivity (Wildman–Crippen MR) is 95.7 cm³/mol. The summed E-state index contributed by atoms with van der Waals surface area (Å²) in [7, 11) is -1.31. The Bertz CT molecular complexity index is 875. The van der Waals surface area contributed by atoms with Gasteiger partial charge >= 0.3 is 5.97 Å². The second-order valence-corrected chi connectivity index (χ2v) is 7.36. The van der Waals surface area contributed by atoms with Gasteiger partial charge in [0.05, 0.1) is 25.5 Å². The van der Waals surface area contributed by atoms with Crippen LogP contribution in [0.25, 0.3) is 0 Å². The van der Waals surface area contributed by atoms with Gasteiger partial charge in [-0.3, -0.25) is 4.72 Å². The first-order chi connectivity index (χ1) is 11.8. The maximum Gasteiger partial charge on any atom is 0.339 e. The van der Waals surface area contributed by atoms with Crippen molar-refractivity contribution < 1.29 is 22.7 Å². The molecule has 0 bridgehead atoms. The fraction of sp³-hybridized carbons (Fsp3) is 0.278. The number of nitrogens with one attached hydrogen (secondary N) is 1. The standard InChI is InChI=1S/C18H21NO5S/c1-12(2)13-9-10-16(23-3)17(11-13)25(21,22)19-15-8-6-5-7-14(15)18(20)24-4/h5-12,19H,1-4H3. The largest absolute Gasteiger partial charge is 0.495 e.